The first-order valence-electron chi connectivity index (χ1n) is 7.99. The summed E-state index contributed by atoms with van der Waals surface area (Å²) in [4.78, 5) is 10.7. The largest absolute Gasteiger partial charge is 0.379 e. The Kier molecular flexibility index (Phi) is 3.71. The van der Waals surface area contributed by atoms with Crippen molar-refractivity contribution >= 4 is 5.82 Å². The van der Waals surface area contributed by atoms with E-state index >= 15 is 0 Å². The van der Waals surface area contributed by atoms with Gasteiger partial charge in [-0.05, 0) is 18.2 Å². The van der Waals surface area contributed by atoms with E-state index in [2.05, 4.69) is 26.0 Å². The Bertz CT molecular complexity index is 952. The molecule has 25 heavy (non-hydrogen) atoms. The lowest BCUT2D eigenvalue weighted by molar-refractivity contribution is 0.200. The lowest BCUT2D eigenvalue weighted by atomic mass is 10.2. The first-order chi connectivity index (χ1) is 12.2. The van der Waals surface area contributed by atoms with Gasteiger partial charge in [0.05, 0.1) is 24.5 Å². The van der Waals surface area contributed by atoms with Gasteiger partial charge in [0.25, 0.3) is 0 Å². The topological polar surface area (TPSA) is 95.8 Å². The summed E-state index contributed by atoms with van der Waals surface area (Å²) in [6.45, 7) is 2.07. The predicted molar refractivity (Wildman–Crippen MR) is 89.5 cm³/mol. The molecule has 0 saturated carbocycles. The Labute approximate surface area is 144 Å². The molecule has 0 spiro atoms. The number of hydrogen-bond donors (Lipinski definition) is 1. The monoisotopic (exact) mass is 335 g/mol. The maximum atomic E-state index is 10.5. The predicted octanol–water partition coefficient (Wildman–Crippen LogP) is 0.985. The molecule has 0 aromatic carbocycles. The number of aliphatic hydroxyl groups excluding tert-OH is 1. The van der Waals surface area contributed by atoms with Crippen LogP contribution < -0.4 is 4.90 Å². The number of hydrogen-bond acceptors (Lipinski definition) is 6. The van der Waals surface area contributed by atoms with Gasteiger partial charge >= 0.3 is 0 Å². The summed E-state index contributed by atoms with van der Waals surface area (Å²) in [5, 5.41) is 24.1. The van der Waals surface area contributed by atoms with Crippen molar-refractivity contribution in [3.63, 3.8) is 0 Å². The highest BCUT2D eigenvalue weighted by atomic mass is 16.3. The molecular weight excluding hydrogens is 318 g/mol. The van der Waals surface area contributed by atoms with Gasteiger partial charge in [0.15, 0.2) is 6.10 Å². The molecule has 0 aliphatic carbocycles. The number of imidazole rings is 1. The van der Waals surface area contributed by atoms with Gasteiger partial charge in [0.1, 0.15) is 23.4 Å². The second-order valence-corrected chi connectivity index (χ2v) is 6.00. The van der Waals surface area contributed by atoms with Gasteiger partial charge in [-0.2, -0.15) is 10.4 Å². The van der Waals surface area contributed by atoms with E-state index in [1.807, 2.05) is 29.9 Å². The lowest BCUT2D eigenvalue weighted by Crippen LogP contribution is -2.34. The van der Waals surface area contributed by atoms with Crippen molar-refractivity contribution in [1.29, 1.82) is 5.26 Å². The fourth-order valence-electron chi connectivity index (χ4n) is 3.05. The maximum Gasteiger partial charge on any atom is 0.155 e. The molecule has 0 unspecified atom stereocenters. The highest BCUT2D eigenvalue weighted by Crippen LogP contribution is 2.24. The summed E-state index contributed by atoms with van der Waals surface area (Å²) in [7, 11) is 1.84. The van der Waals surface area contributed by atoms with Crippen molar-refractivity contribution in [2.75, 3.05) is 11.4 Å². The van der Waals surface area contributed by atoms with Crippen molar-refractivity contribution in [2.45, 2.75) is 19.2 Å². The van der Waals surface area contributed by atoms with Gasteiger partial charge in [0.2, 0.25) is 0 Å². The van der Waals surface area contributed by atoms with Gasteiger partial charge in [0, 0.05) is 26.0 Å². The average Bonchev–Trinajstić information content (AvgIpc) is 3.26. The van der Waals surface area contributed by atoms with Crippen molar-refractivity contribution in [3.8, 4) is 6.07 Å². The minimum atomic E-state index is -0.855. The fourth-order valence-corrected chi connectivity index (χ4v) is 3.05. The van der Waals surface area contributed by atoms with Crippen molar-refractivity contribution in [3.05, 3.63) is 59.6 Å². The highest BCUT2D eigenvalue weighted by Gasteiger charge is 2.24. The first-order valence-corrected chi connectivity index (χ1v) is 7.99. The molecular formula is C17H17N7O. The Morgan fingerprint density at radius 1 is 1.32 bits per heavy atom. The standard InChI is InChI=1S/C17H17N7O/c1-22-6-5-19-17(22)16(25)14-9-13-11-23(7-8-24(13)21-14)15-4-2-3-12(10-18)20-15/h2-6,9,16,25H,7-8,11H2,1H3/t16-/m0/s1. The van der Waals surface area contributed by atoms with Crippen LogP contribution in [0.15, 0.2) is 36.7 Å². The summed E-state index contributed by atoms with van der Waals surface area (Å²) in [6.07, 6.45) is 2.60. The van der Waals surface area contributed by atoms with Crippen molar-refractivity contribution in [2.24, 2.45) is 7.05 Å². The highest BCUT2D eigenvalue weighted by molar-refractivity contribution is 5.43. The summed E-state index contributed by atoms with van der Waals surface area (Å²) >= 11 is 0. The zero-order valence-corrected chi connectivity index (χ0v) is 13.7. The molecule has 0 radical (unpaired) electrons. The normalized spacial score (nSPS) is 14.8. The zero-order chi connectivity index (χ0) is 17.4. The molecule has 0 bridgehead atoms. The van der Waals surface area contributed by atoms with Gasteiger partial charge in [-0.25, -0.2) is 9.97 Å². The van der Waals surface area contributed by atoms with Gasteiger partial charge < -0.3 is 14.6 Å². The van der Waals surface area contributed by atoms with Gasteiger partial charge in [-0.15, -0.1) is 0 Å². The molecule has 1 N–H and O–H groups in total. The Hall–Kier alpha value is -3.18. The molecule has 4 heterocycles. The molecule has 1 aliphatic rings. The molecule has 126 valence electrons. The van der Waals surface area contributed by atoms with Gasteiger partial charge in [-0.3, -0.25) is 4.68 Å². The van der Waals surface area contributed by atoms with Crippen LogP contribution >= 0.6 is 0 Å². The van der Waals surface area contributed by atoms with Crippen LogP contribution in [0.25, 0.3) is 0 Å². The van der Waals surface area contributed by atoms with E-state index in [4.69, 9.17) is 5.26 Å². The Balaban J connectivity index is 1.59. The summed E-state index contributed by atoms with van der Waals surface area (Å²) < 4.78 is 3.69. The fraction of sp³-hybridized carbons (Fsp3) is 0.294. The summed E-state index contributed by atoms with van der Waals surface area (Å²) in [5.41, 5.74) is 1.99. The van der Waals surface area contributed by atoms with E-state index in [0.717, 1.165) is 18.1 Å². The van der Waals surface area contributed by atoms with Crippen molar-refractivity contribution in [1.82, 2.24) is 24.3 Å². The second-order valence-electron chi connectivity index (χ2n) is 6.00. The third kappa shape index (κ3) is 2.75. The van der Waals surface area contributed by atoms with Crippen LogP contribution in [-0.2, 0) is 20.1 Å². The molecule has 3 aromatic rings. The maximum absolute atomic E-state index is 10.5. The summed E-state index contributed by atoms with van der Waals surface area (Å²) in [6, 6.07) is 9.40. The number of aromatic nitrogens is 5. The summed E-state index contributed by atoms with van der Waals surface area (Å²) in [5.74, 6) is 1.34. The SMILES string of the molecule is Cn1ccnc1[C@@H](O)c1cc2n(n1)CCN(c1cccc(C#N)n1)C2. The number of aryl methyl sites for hydroxylation is 1. The number of rotatable bonds is 3. The van der Waals surface area contributed by atoms with Crippen LogP contribution in [0.1, 0.15) is 29.0 Å². The lowest BCUT2D eigenvalue weighted by Gasteiger charge is -2.28. The molecule has 8 heteroatoms. The van der Waals surface area contributed by atoms with Crippen molar-refractivity contribution < 1.29 is 5.11 Å². The molecule has 3 aromatic heterocycles. The third-order valence-electron chi connectivity index (χ3n) is 4.37. The quantitative estimate of drug-likeness (QED) is 0.767. The Morgan fingerprint density at radius 2 is 2.20 bits per heavy atom. The van der Waals surface area contributed by atoms with E-state index in [9.17, 15) is 5.11 Å². The minimum absolute atomic E-state index is 0.405. The van der Waals surface area contributed by atoms with Crippen LogP contribution in [0.5, 0.6) is 0 Å². The van der Waals surface area contributed by atoms with Crippen LogP contribution in [0.4, 0.5) is 5.82 Å². The van der Waals surface area contributed by atoms with E-state index in [0.29, 0.717) is 30.3 Å². The van der Waals surface area contributed by atoms with Crippen LogP contribution in [0.2, 0.25) is 0 Å². The van der Waals surface area contributed by atoms with E-state index < -0.39 is 6.10 Å². The molecule has 0 saturated heterocycles. The molecule has 0 fully saturated rings. The molecule has 4 rings (SSSR count). The number of nitriles is 1. The van der Waals surface area contributed by atoms with Gasteiger partial charge in [-0.1, -0.05) is 6.07 Å². The molecule has 1 aliphatic heterocycles. The first kappa shape index (κ1) is 15.4. The van der Waals surface area contributed by atoms with E-state index in [-0.39, 0.29) is 0 Å². The number of anilines is 1. The van der Waals surface area contributed by atoms with Crippen LogP contribution in [0, 0.1) is 11.3 Å². The smallest absolute Gasteiger partial charge is 0.155 e. The number of fused-ring (bicyclic) bond motifs is 1. The Morgan fingerprint density at radius 3 is 2.96 bits per heavy atom. The molecule has 1 atom stereocenters. The third-order valence-corrected chi connectivity index (χ3v) is 4.37. The average molecular weight is 335 g/mol. The molecule has 0 amide bonds. The minimum Gasteiger partial charge on any atom is -0.379 e. The number of pyridine rings is 1. The zero-order valence-electron chi connectivity index (χ0n) is 13.7. The van der Waals surface area contributed by atoms with E-state index in [1.165, 1.54) is 0 Å². The molecule has 8 nitrogen and oxygen atoms in total. The van der Waals surface area contributed by atoms with E-state index in [1.54, 1.807) is 23.0 Å². The number of aliphatic hydroxyl groups is 1. The van der Waals surface area contributed by atoms with Crippen LogP contribution in [-0.4, -0.2) is 36.0 Å². The van der Waals surface area contributed by atoms with Crippen LogP contribution in [0.3, 0.4) is 0 Å². The number of nitrogens with zero attached hydrogens (tertiary/aromatic N) is 7. The second kappa shape index (κ2) is 6.03.